The topological polar surface area (TPSA) is 52.7 Å². The van der Waals surface area contributed by atoms with Gasteiger partial charge in [-0.2, -0.15) is 0 Å². The molecule has 0 atom stereocenters. The van der Waals surface area contributed by atoms with Gasteiger partial charge in [-0.3, -0.25) is 0 Å². The molecule has 1 N–H and O–H groups in total. The summed E-state index contributed by atoms with van der Waals surface area (Å²) < 4.78 is 22.7. The lowest BCUT2D eigenvalue weighted by molar-refractivity contribution is 0.173. The number of aromatic nitrogens is 1. The Kier molecular flexibility index (Phi) is 2.82. The van der Waals surface area contributed by atoms with Crippen molar-refractivity contribution < 1.29 is 18.9 Å². The first-order chi connectivity index (χ1) is 10.7. The summed E-state index contributed by atoms with van der Waals surface area (Å²) in [6, 6.07) is 5.99. The number of hydrogen-bond acceptors (Lipinski definition) is 4. The molecule has 4 rings (SSSR count). The number of ether oxygens (including phenoxy) is 4. The Balaban J connectivity index is 2.19. The number of aromatic amines is 1. The van der Waals surface area contributed by atoms with Crippen LogP contribution in [0.2, 0.25) is 0 Å². The van der Waals surface area contributed by atoms with Crippen molar-refractivity contribution in [3.8, 4) is 23.0 Å². The van der Waals surface area contributed by atoms with Crippen molar-refractivity contribution in [2.75, 3.05) is 27.4 Å². The Morgan fingerprint density at radius 2 is 1.86 bits per heavy atom. The summed E-state index contributed by atoms with van der Waals surface area (Å²) in [6.07, 6.45) is 0. The normalized spacial score (nSPS) is 13.6. The monoisotopic (exact) mass is 299 g/mol. The molecular formula is C17H17NO4. The van der Waals surface area contributed by atoms with E-state index in [4.69, 9.17) is 18.9 Å². The van der Waals surface area contributed by atoms with Gasteiger partial charge in [-0.25, -0.2) is 0 Å². The van der Waals surface area contributed by atoms with Gasteiger partial charge in [-0.15, -0.1) is 0 Å². The minimum absolute atomic E-state index is 0.546. The van der Waals surface area contributed by atoms with Crippen molar-refractivity contribution >= 4 is 21.8 Å². The molecule has 5 nitrogen and oxygen atoms in total. The average molecular weight is 299 g/mol. The third-order valence-corrected chi connectivity index (χ3v) is 4.09. The van der Waals surface area contributed by atoms with Gasteiger partial charge in [0.05, 0.1) is 30.6 Å². The van der Waals surface area contributed by atoms with E-state index in [1.807, 2.05) is 19.1 Å². The van der Waals surface area contributed by atoms with Gasteiger partial charge in [-0.1, -0.05) is 12.1 Å². The van der Waals surface area contributed by atoms with Gasteiger partial charge in [-0.05, 0) is 12.5 Å². The fraction of sp³-hybridized carbons (Fsp3) is 0.294. The molecule has 0 radical (unpaired) electrons. The van der Waals surface area contributed by atoms with Gasteiger partial charge < -0.3 is 23.9 Å². The molecule has 1 aromatic heterocycles. The van der Waals surface area contributed by atoms with Crippen LogP contribution >= 0.6 is 0 Å². The van der Waals surface area contributed by atoms with E-state index in [2.05, 4.69) is 11.1 Å². The number of aryl methyl sites for hydroxylation is 1. The quantitative estimate of drug-likeness (QED) is 0.788. The molecule has 5 heteroatoms. The summed E-state index contributed by atoms with van der Waals surface area (Å²) in [7, 11) is 3.33. The van der Waals surface area contributed by atoms with E-state index < -0.39 is 0 Å². The van der Waals surface area contributed by atoms with Crippen LogP contribution < -0.4 is 18.9 Å². The summed E-state index contributed by atoms with van der Waals surface area (Å²) in [5.74, 6) is 3.05. The molecule has 0 spiro atoms. The van der Waals surface area contributed by atoms with E-state index in [-0.39, 0.29) is 0 Å². The van der Waals surface area contributed by atoms with Gasteiger partial charge in [0.15, 0.2) is 11.5 Å². The molecule has 22 heavy (non-hydrogen) atoms. The predicted molar refractivity (Wildman–Crippen MR) is 84.6 cm³/mol. The molecule has 0 amide bonds. The lowest BCUT2D eigenvalue weighted by Gasteiger charge is -2.20. The second-order valence-electron chi connectivity index (χ2n) is 5.32. The second-order valence-corrected chi connectivity index (χ2v) is 5.32. The van der Waals surface area contributed by atoms with Crippen LogP contribution in [0.3, 0.4) is 0 Å². The molecule has 3 aromatic rings. The zero-order chi connectivity index (χ0) is 15.3. The summed E-state index contributed by atoms with van der Waals surface area (Å²) in [5, 5.41) is 2.01. The molecule has 0 saturated heterocycles. The molecule has 2 aromatic carbocycles. The third kappa shape index (κ3) is 1.65. The van der Waals surface area contributed by atoms with E-state index >= 15 is 0 Å². The highest BCUT2D eigenvalue weighted by Gasteiger charge is 2.23. The Bertz CT molecular complexity index is 882. The number of hydrogen-bond donors (Lipinski definition) is 1. The number of benzene rings is 2. The number of fused-ring (bicyclic) bond motifs is 5. The predicted octanol–water partition coefficient (Wildman–Crippen LogP) is 3.42. The molecule has 1 aliphatic heterocycles. The standard InChI is InChI=1S/C17H17NO4/c1-9-4-5-10-13-15(18-14(10)16(9)20-3)11(19-2)8-12-17(13)22-7-6-21-12/h4-5,8,18H,6-7H2,1-3H3. The minimum Gasteiger partial charge on any atom is -0.494 e. The van der Waals surface area contributed by atoms with Gasteiger partial charge in [0, 0.05) is 11.5 Å². The van der Waals surface area contributed by atoms with Crippen molar-refractivity contribution in [3.05, 3.63) is 23.8 Å². The molecule has 0 fully saturated rings. The Labute approximate surface area is 127 Å². The van der Waals surface area contributed by atoms with E-state index in [1.54, 1.807) is 14.2 Å². The van der Waals surface area contributed by atoms with E-state index in [0.29, 0.717) is 13.2 Å². The van der Waals surface area contributed by atoms with Crippen molar-refractivity contribution in [2.24, 2.45) is 0 Å². The minimum atomic E-state index is 0.546. The molecule has 0 aliphatic carbocycles. The fourth-order valence-electron chi connectivity index (χ4n) is 3.11. The summed E-state index contributed by atoms with van der Waals surface area (Å²) in [6.45, 7) is 3.12. The number of rotatable bonds is 2. The van der Waals surface area contributed by atoms with E-state index in [9.17, 15) is 0 Å². The molecule has 1 aliphatic rings. The van der Waals surface area contributed by atoms with Gasteiger partial charge >= 0.3 is 0 Å². The summed E-state index contributed by atoms with van der Waals surface area (Å²) >= 11 is 0. The molecule has 0 saturated carbocycles. The first kappa shape index (κ1) is 13.1. The first-order valence-electron chi connectivity index (χ1n) is 7.20. The lowest BCUT2D eigenvalue weighted by atomic mass is 10.1. The Morgan fingerprint density at radius 1 is 1.05 bits per heavy atom. The van der Waals surface area contributed by atoms with Crippen molar-refractivity contribution in [3.63, 3.8) is 0 Å². The molecular weight excluding hydrogens is 282 g/mol. The van der Waals surface area contributed by atoms with Gasteiger partial charge in [0.2, 0.25) is 0 Å². The number of H-pyrrole nitrogens is 1. The molecule has 0 bridgehead atoms. The number of nitrogens with one attached hydrogen (secondary N) is 1. The van der Waals surface area contributed by atoms with Gasteiger partial charge in [0.25, 0.3) is 0 Å². The van der Waals surface area contributed by atoms with Crippen LogP contribution in [-0.4, -0.2) is 32.4 Å². The van der Waals surface area contributed by atoms with Crippen molar-refractivity contribution in [1.82, 2.24) is 4.98 Å². The molecule has 0 unspecified atom stereocenters. The third-order valence-electron chi connectivity index (χ3n) is 4.09. The maximum Gasteiger partial charge on any atom is 0.171 e. The average Bonchev–Trinajstić information content (AvgIpc) is 2.93. The zero-order valence-electron chi connectivity index (χ0n) is 12.8. The van der Waals surface area contributed by atoms with E-state index in [1.165, 1.54) is 0 Å². The van der Waals surface area contributed by atoms with Crippen LogP contribution in [0.15, 0.2) is 18.2 Å². The first-order valence-corrected chi connectivity index (χ1v) is 7.20. The summed E-state index contributed by atoms with van der Waals surface area (Å²) in [5.41, 5.74) is 2.91. The fourth-order valence-corrected chi connectivity index (χ4v) is 3.11. The highest BCUT2D eigenvalue weighted by atomic mass is 16.6. The molecule has 114 valence electrons. The highest BCUT2D eigenvalue weighted by molar-refractivity contribution is 6.15. The maximum absolute atomic E-state index is 5.87. The van der Waals surface area contributed by atoms with Crippen LogP contribution in [0.1, 0.15) is 5.56 Å². The number of methoxy groups -OCH3 is 2. The van der Waals surface area contributed by atoms with Crippen LogP contribution in [0.25, 0.3) is 21.8 Å². The van der Waals surface area contributed by atoms with Crippen molar-refractivity contribution in [1.29, 1.82) is 0 Å². The Hall–Kier alpha value is -2.56. The smallest absolute Gasteiger partial charge is 0.171 e. The van der Waals surface area contributed by atoms with Gasteiger partial charge in [0.1, 0.15) is 24.7 Å². The second kappa shape index (κ2) is 4.73. The molecule has 2 heterocycles. The van der Waals surface area contributed by atoms with E-state index in [0.717, 1.165) is 50.4 Å². The van der Waals surface area contributed by atoms with Crippen LogP contribution in [0.4, 0.5) is 0 Å². The Morgan fingerprint density at radius 3 is 2.64 bits per heavy atom. The largest absolute Gasteiger partial charge is 0.494 e. The summed E-state index contributed by atoms with van der Waals surface area (Å²) in [4.78, 5) is 3.42. The van der Waals surface area contributed by atoms with Crippen molar-refractivity contribution in [2.45, 2.75) is 6.92 Å². The SMILES string of the molecule is COc1c(C)ccc2c1[nH]c1c(OC)cc3c(c12)OCCO3. The van der Waals surface area contributed by atoms with Crippen LogP contribution in [-0.2, 0) is 0 Å². The lowest BCUT2D eigenvalue weighted by Crippen LogP contribution is -2.15. The van der Waals surface area contributed by atoms with Crippen LogP contribution in [0.5, 0.6) is 23.0 Å². The van der Waals surface area contributed by atoms with Crippen LogP contribution in [0, 0.1) is 6.92 Å². The highest BCUT2D eigenvalue weighted by Crippen LogP contribution is 2.47. The maximum atomic E-state index is 5.87. The zero-order valence-corrected chi connectivity index (χ0v) is 12.8.